The Bertz CT molecular complexity index is 658. The fraction of sp³-hybridized carbons (Fsp3) is 0.438. The first-order valence-corrected chi connectivity index (χ1v) is 8.02. The zero-order valence-corrected chi connectivity index (χ0v) is 14.1. The quantitative estimate of drug-likeness (QED) is 0.735. The van der Waals surface area contributed by atoms with Crippen molar-refractivity contribution in [2.75, 3.05) is 44.2 Å². The lowest BCUT2D eigenvalue weighted by Gasteiger charge is -2.23. The van der Waals surface area contributed by atoms with Crippen LogP contribution in [0.4, 0.5) is 5.82 Å². The molecule has 3 N–H and O–H groups in total. The molecule has 0 bridgehead atoms. The minimum absolute atomic E-state index is 0.0802. The van der Waals surface area contributed by atoms with Gasteiger partial charge in [-0.2, -0.15) is 0 Å². The van der Waals surface area contributed by atoms with E-state index < -0.39 is 5.91 Å². The minimum Gasteiger partial charge on any atom is -0.366 e. The molecule has 0 atom stereocenters. The van der Waals surface area contributed by atoms with E-state index in [9.17, 15) is 9.59 Å². The molecule has 1 aliphatic heterocycles. The summed E-state index contributed by atoms with van der Waals surface area (Å²) in [6, 6.07) is 1.53. The van der Waals surface area contributed by atoms with Gasteiger partial charge in [-0.05, 0) is 12.5 Å². The molecular formula is C16H20ClN5O2. The van der Waals surface area contributed by atoms with Crippen LogP contribution in [0.15, 0.2) is 12.3 Å². The average Bonchev–Trinajstić information content (AvgIpc) is 2.78. The van der Waals surface area contributed by atoms with E-state index in [0.29, 0.717) is 30.5 Å². The number of carbonyl (C=O) groups excluding carboxylic acids is 2. The molecule has 1 aromatic heterocycles. The molecule has 1 aromatic rings. The second-order valence-corrected chi connectivity index (χ2v) is 5.90. The predicted octanol–water partition coefficient (Wildman–Crippen LogP) is 0.0954. The Morgan fingerprint density at radius 3 is 2.83 bits per heavy atom. The molecule has 0 unspecified atom stereocenters. The monoisotopic (exact) mass is 349 g/mol. The van der Waals surface area contributed by atoms with Crippen LogP contribution in [0.1, 0.15) is 16.8 Å². The number of amides is 2. The third kappa shape index (κ3) is 4.85. The average molecular weight is 350 g/mol. The summed E-state index contributed by atoms with van der Waals surface area (Å²) >= 11 is 6.23. The van der Waals surface area contributed by atoms with E-state index in [0.717, 1.165) is 19.5 Å². The van der Waals surface area contributed by atoms with Crippen LogP contribution in [-0.4, -0.2) is 61.0 Å². The molecule has 8 heteroatoms. The maximum absolute atomic E-state index is 11.8. The number of primary amides is 1. The number of hydrogen-bond acceptors (Lipinski definition) is 5. The van der Waals surface area contributed by atoms with Gasteiger partial charge in [0.1, 0.15) is 5.82 Å². The lowest BCUT2D eigenvalue weighted by Crippen LogP contribution is -2.39. The SMILES string of the molecule is C#CCNC(=O)CN1CCCN(c2ncc(C(N)=O)cc2Cl)CC1. The maximum Gasteiger partial charge on any atom is 0.250 e. The standard InChI is InChI=1S/C16H20ClN5O2/c1-2-4-19-14(23)11-21-5-3-6-22(8-7-21)16-13(17)9-12(10-20-16)15(18)24/h1,9-10H,3-8,11H2,(H2,18,24)(H,19,23). The summed E-state index contributed by atoms with van der Waals surface area (Å²) in [6.45, 7) is 3.52. The van der Waals surface area contributed by atoms with E-state index in [1.165, 1.54) is 12.3 Å². The van der Waals surface area contributed by atoms with Crippen molar-refractivity contribution in [1.29, 1.82) is 0 Å². The highest BCUT2D eigenvalue weighted by Crippen LogP contribution is 2.25. The van der Waals surface area contributed by atoms with Gasteiger partial charge in [-0.15, -0.1) is 6.42 Å². The van der Waals surface area contributed by atoms with Crippen LogP contribution in [-0.2, 0) is 4.79 Å². The lowest BCUT2D eigenvalue weighted by molar-refractivity contribution is -0.121. The first kappa shape index (κ1) is 18.0. The van der Waals surface area contributed by atoms with E-state index in [4.69, 9.17) is 23.8 Å². The first-order valence-electron chi connectivity index (χ1n) is 7.64. The molecule has 1 saturated heterocycles. The molecule has 0 aromatic carbocycles. The Morgan fingerprint density at radius 2 is 2.17 bits per heavy atom. The number of nitrogens with zero attached hydrogens (tertiary/aromatic N) is 3. The van der Waals surface area contributed by atoms with Crippen molar-refractivity contribution in [3.8, 4) is 12.3 Å². The Labute approximate surface area is 146 Å². The van der Waals surface area contributed by atoms with Crippen molar-refractivity contribution in [3.63, 3.8) is 0 Å². The number of carbonyl (C=O) groups is 2. The number of nitrogens with two attached hydrogens (primary N) is 1. The molecule has 24 heavy (non-hydrogen) atoms. The molecule has 2 rings (SSSR count). The molecule has 2 amide bonds. The summed E-state index contributed by atoms with van der Waals surface area (Å²) in [4.78, 5) is 31.3. The van der Waals surface area contributed by atoms with Gasteiger partial charge in [0.15, 0.2) is 0 Å². The normalized spacial score (nSPS) is 15.4. The fourth-order valence-corrected chi connectivity index (χ4v) is 2.83. The Hall–Kier alpha value is -2.30. The van der Waals surface area contributed by atoms with Gasteiger partial charge in [0.25, 0.3) is 0 Å². The van der Waals surface area contributed by atoms with Gasteiger partial charge < -0.3 is 16.0 Å². The number of halogens is 1. The Morgan fingerprint density at radius 1 is 1.38 bits per heavy atom. The molecule has 0 aliphatic carbocycles. The summed E-state index contributed by atoms with van der Waals surface area (Å²) in [5, 5.41) is 3.06. The highest BCUT2D eigenvalue weighted by molar-refractivity contribution is 6.33. The highest BCUT2D eigenvalue weighted by Gasteiger charge is 2.20. The lowest BCUT2D eigenvalue weighted by atomic mass is 10.2. The summed E-state index contributed by atoms with van der Waals surface area (Å²) in [5.74, 6) is 2.37. The van der Waals surface area contributed by atoms with Crippen molar-refractivity contribution in [1.82, 2.24) is 15.2 Å². The van der Waals surface area contributed by atoms with Gasteiger partial charge in [-0.1, -0.05) is 17.5 Å². The van der Waals surface area contributed by atoms with Gasteiger partial charge in [0.2, 0.25) is 11.8 Å². The number of rotatable bonds is 5. The van der Waals surface area contributed by atoms with E-state index in [1.807, 2.05) is 4.90 Å². The van der Waals surface area contributed by atoms with Crippen LogP contribution in [0.3, 0.4) is 0 Å². The minimum atomic E-state index is -0.559. The van der Waals surface area contributed by atoms with Crippen molar-refractivity contribution >= 4 is 29.2 Å². The second kappa shape index (κ2) is 8.52. The van der Waals surface area contributed by atoms with Gasteiger partial charge in [-0.25, -0.2) is 4.98 Å². The van der Waals surface area contributed by atoms with E-state index in [-0.39, 0.29) is 18.0 Å². The fourth-order valence-electron chi connectivity index (χ4n) is 2.55. The molecule has 0 radical (unpaired) electrons. The maximum atomic E-state index is 11.8. The molecule has 128 valence electrons. The van der Waals surface area contributed by atoms with Crippen molar-refractivity contribution < 1.29 is 9.59 Å². The number of terminal acetylenes is 1. The number of pyridine rings is 1. The van der Waals surface area contributed by atoms with Crippen molar-refractivity contribution in [3.05, 3.63) is 22.8 Å². The highest BCUT2D eigenvalue weighted by atomic mass is 35.5. The molecule has 1 aliphatic rings. The number of anilines is 1. The van der Waals surface area contributed by atoms with Crippen molar-refractivity contribution in [2.24, 2.45) is 5.73 Å². The van der Waals surface area contributed by atoms with Gasteiger partial charge >= 0.3 is 0 Å². The molecule has 0 saturated carbocycles. The van der Waals surface area contributed by atoms with E-state index in [1.54, 1.807) is 0 Å². The van der Waals surface area contributed by atoms with Gasteiger partial charge in [0.05, 0.1) is 23.7 Å². The second-order valence-electron chi connectivity index (χ2n) is 5.49. The molecule has 7 nitrogen and oxygen atoms in total. The van der Waals surface area contributed by atoms with Crippen LogP contribution in [0.5, 0.6) is 0 Å². The van der Waals surface area contributed by atoms with Gasteiger partial charge in [-0.3, -0.25) is 14.5 Å². The third-order valence-electron chi connectivity index (χ3n) is 3.75. The summed E-state index contributed by atoms with van der Waals surface area (Å²) in [6.07, 6.45) is 7.43. The van der Waals surface area contributed by atoms with E-state index >= 15 is 0 Å². The van der Waals surface area contributed by atoms with Crippen molar-refractivity contribution in [2.45, 2.75) is 6.42 Å². The first-order chi connectivity index (χ1) is 11.5. The number of aromatic nitrogens is 1. The predicted molar refractivity (Wildman–Crippen MR) is 92.9 cm³/mol. The summed E-state index contributed by atoms with van der Waals surface area (Å²) in [5.41, 5.74) is 5.51. The van der Waals surface area contributed by atoms with E-state index in [2.05, 4.69) is 21.1 Å². The van der Waals surface area contributed by atoms with Crippen LogP contribution in [0, 0.1) is 12.3 Å². The molecular weight excluding hydrogens is 330 g/mol. The van der Waals surface area contributed by atoms with Crippen LogP contribution >= 0.6 is 11.6 Å². The molecule has 0 spiro atoms. The smallest absolute Gasteiger partial charge is 0.250 e. The number of nitrogens with one attached hydrogen (secondary N) is 1. The number of hydrogen-bond donors (Lipinski definition) is 2. The van der Waals surface area contributed by atoms with Gasteiger partial charge in [0, 0.05) is 32.4 Å². The Kier molecular flexibility index (Phi) is 6.41. The third-order valence-corrected chi connectivity index (χ3v) is 4.03. The topological polar surface area (TPSA) is 91.6 Å². The molecule has 2 heterocycles. The molecule has 1 fully saturated rings. The largest absolute Gasteiger partial charge is 0.366 e. The zero-order chi connectivity index (χ0) is 17.5. The Balaban J connectivity index is 1.97. The summed E-state index contributed by atoms with van der Waals surface area (Å²) in [7, 11) is 0. The van der Waals surface area contributed by atoms with Crippen LogP contribution < -0.4 is 16.0 Å². The zero-order valence-electron chi connectivity index (χ0n) is 13.3. The van der Waals surface area contributed by atoms with Crippen LogP contribution in [0.2, 0.25) is 5.02 Å². The van der Waals surface area contributed by atoms with Crippen LogP contribution in [0.25, 0.3) is 0 Å². The summed E-state index contributed by atoms with van der Waals surface area (Å²) < 4.78 is 0.